The van der Waals surface area contributed by atoms with Crippen LogP contribution in [-0.2, 0) is 14.6 Å². The lowest BCUT2D eigenvalue weighted by Gasteiger charge is -2.12. The average Bonchev–Trinajstić information content (AvgIpc) is 3.19. The van der Waals surface area contributed by atoms with E-state index in [0.29, 0.717) is 15.8 Å². The number of hydrogen-bond donors (Lipinski definition) is 2. The van der Waals surface area contributed by atoms with Gasteiger partial charge < -0.3 is 14.8 Å². The van der Waals surface area contributed by atoms with Crippen molar-refractivity contribution >= 4 is 61.7 Å². The first-order valence-electron chi connectivity index (χ1n) is 9.28. The first kappa shape index (κ1) is 23.4. The zero-order valence-corrected chi connectivity index (χ0v) is 19.7. The third kappa shape index (κ3) is 4.96. The van der Waals surface area contributed by atoms with Crippen molar-refractivity contribution in [1.29, 1.82) is 0 Å². The molecule has 0 aliphatic rings. The maximum absolute atomic E-state index is 13.2. The molecule has 0 atom stereocenters. The number of carboxylic acids is 1. The van der Waals surface area contributed by atoms with Crippen LogP contribution >= 0.6 is 35.0 Å². The van der Waals surface area contributed by atoms with E-state index in [1.54, 1.807) is 12.1 Å². The molecule has 4 rings (SSSR count). The van der Waals surface area contributed by atoms with Gasteiger partial charge in [0, 0.05) is 22.0 Å². The Morgan fingerprint density at radius 1 is 1.06 bits per heavy atom. The number of rotatable bonds is 7. The third-order valence-electron chi connectivity index (χ3n) is 4.58. The standard InChI is InChI=1S/C22H14Cl2FNO5S2/c23-17-8-14(32-11-21(27)28)9-18(24)22(17)31-13-3-6-19-16(7-13)20(10-26-19)33(29,30)15-4-1-12(25)2-5-15/h1-10,26H,11H2,(H,27,28). The summed E-state index contributed by atoms with van der Waals surface area (Å²) < 4.78 is 45.2. The summed E-state index contributed by atoms with van der Waals surface area (Å²) in [6.45, 7) is 0. The Kier molecular flexibility index (Phi) is 6.58. The molecule has 0 amide bonds. The van der Waals surface area contributed by atoms with Crippen LogP contribution in [0.3, 0.4) is 0 Å². The van der Waals surface area contributed by atoms with E-state index in [1.165, 1.54) is 36.5 Å². The van der Waals surface area contributed by atoms with Gasteiger partial charge in [0.2, 0.25) is 9.84 Å². The van der Waals surface area contributed by atoms with Crippen LogP contribution in [0.2, 0.25) is 10.0 Å². The molecule has 0 radical (unpaired) electrons. The summed E-state index contributed by atoms with van der Waals surface area (Å²) in [4.78, 5) is 14.2. The second-order valence-electron chi connectivity index (χ2n) is 6.82. The van der Waals surface area contributed by atoms with Gasteiger partial charge in [0.05, 0.1) is 25.6 Å². The topological polar surface area (TPSA) is 96.5 Å². The molecule has 0 aliphatic carbocycles. The van der Waals surface area contributed by atoms with Crippen LogP contribution in [0.4, 0.5) is 4.39 Å². The number of H-pyrrole nitrogens is 1. The van der Waals surface area contributed by atoms with Crippen LogP contribution in [0.5, 0.6) is 11.5 Å². The van der Waals surface area contributed by atoms with Gasteiger partial charge >= 0.3 is 5.97 Å². The lowest BCUT2D eigenvalue weighted by Crippen LogP contribution is -2.01. The summed E-state index contributed by atoms with van der Waals surface area (Å²) in [6, 6.07) is 12.4. The van der Waals surface area contributed by atoms with E-state index in [4.69, 9.17) is 33.0 Å². The zero-order chi connectivity index (χ0) is 23.8. The Bertz CT molecular complexity index is 1450. The highest BCUT2D eigenvalue weighted by Gasteiger charge is 2.22. The summed E-state index contributed by atoms with van der Waals surface area (Å²) >= 11 is 13.6. The molecule has 4 aromatic rings. The van der Waals surface area contributed by atoms with Crippen LogP contribution < -0.4 is 4.74 Å². The number of thioether (sulfide) groups is 1. The van der Waals surface area contributed by atoms with Crippen LogP contribution in [0, 0.1) is 5.82 Å². The SMILES string of the molecule is O=C(O)CSc1cc(Cl)c(Oc2ccc3[nH]cc(S(=O)(=O)c4ccc(F)cc4)c3c2)c(Cl)c1. The number of aliphatic carboxylic acids is 1. The number of fused-ring (bicyclic) bond motifs is 1. The van der Waals surface area contributed by atoms with Crippen molar-refractivity contribution in [2.75, 3.05) is 5.75 Å². The summed E-state index contributed by atoms with van der Waals surface area (Å²) in [5.74, 6) is -1.23. The van der Waals surface area contributed by atoms with Crippen LogP contribution in [0.15, 0.2) is 75.5 Å². The van der Waals surface area contributed by atoms with Crippen molar-refractivity contribution < 1.29 is 27.4 Å². The van der Waals surface area contributed by atoms with Crippen LogP contribution in [-0.4, -0.2) is 30.2 Å². The summed E-state index contributed by atoms with van der Waals surface area (Å²) in [5.41, 5.74) is 0.556. The smallest absolute Gasteiger partial charge is 0.313 e. The summed E-state index contributed by atoms with van der Waals surface area (Å²) in [7, 11) is -3.92. The molecule has 33 heavy (non-hydrogen) atoms. The number of hydrogen-bond acceptors (Lipinski definition) is 5. The Morgan fingerprint density at radius 3 is 2.36 bits per heavy atom. The van der Waals surface area contributed by atoms with E-state index in [0.717, 1.165) is 23.9 Å². The number of aromatic amines is 1. The lowest BCUT2D eigenvalue weighted by atomic mass is 10.2. The van der Waals surface area contributed by atoms with Crippen molar-refractivity contribution in [3.63, 3.8) is 0 Å². The molecular weight excluding hydrogens is 512 g/mol. The average molecular weight is 526 g/mol. The van der Waals surface area contributed by atoms with Crippen molar-refractivity contribution in [3.8, 4) is 11.5 Å². The molecule has 2 N–H and O–H groups in total. The van der Waals surface area contributed by atoms with Gasteiger partial charge in [0.15, 0.2) is 5.75 Å². The normalized spacial score (nSPS) is 11.6. The predicted molar refractivity (Wildman–Crippen MR) is 125 cm³/mol. The zero-order valence-electron chi connectivity index (χ0n) is 16.5. The molecule has 0 fully saturated rings. The van der Waals surface area contributed by atoms with E-state index < -0.39 is 21.6 Å². The Hall–Kier alpha value is -2.72. The second-order valence-corrected chi connectivity index (χ2v) is 10.6. The molecule has 0 spiro atoms. The lowest BCUT2D eigenvalue weighted by molar-refractivity contribution is -0.133. The molecule has 170 valence electrons. The van der Waals surface area contributed by atoms with Gasteiger partial charge in [0.25, 0.3) is 0 Å². The van der Waals surface area contributed by atoms with Gasteiger partial charge in [-0.05, 0) is 54.6 Å². The van der Waals surface area contributed by atoms with Crippen molar-refractivity contribution in [3.05, 3.63) is 76.7 Å². The fourth-order valence-electron chi connectivity index (χ4n) is 3.08. The van der Waals surface area contributed by atoms with Crippen LogP contribution in [0.25, 0.3) is 10.9 Å². The molecule has 1 heterocycles. The van der Waals surface area contributed by atoms with Crippen molar-refractivity contribution in [2.45, 2.75) is 14.7 Å². The highest BCUT2D eigenvalue weighted by molar-refractivity contribution is 8.00. The van der Waals surface area contributed by atoms with Gasteiger partial charge in [-0.3, -0.25) is 4.79 Å². The summed E-state index contributed by atoms with van der Waals surface area (Å²) in [5, 5.41) is 9.54. The highest BCUT2D eigenvalue weighted by Crippen LogP contribution is 2.41. The van der Waals surface area contributed by atoms with Crippen LogP contribution in [0.1, 0.15) is 0 Å². The Labute approximate surface area is 202 Å². The van der Waals surface area contributed by atoms with Gasteiger partial charge in [-0.15, -0.1) is 11.8 Å². The second kappa shape index (κ2) is 9.26. The fourth-order valence-corrected chi connectivity index (χ4v) is 5.89. The molecule has 3 aromatic carbocycles. The Balaban J connectivity index is 1.68. The quantitative estimate of drug-likeness (QED) is 0.213. The van der Waals surface area contributed by atoms with Crippen molar-refractivity contribution in [1.82, 2.24) is 4.98 Å². The highest BCUT2D eigenvalue weighted by atomic mass is 35.5. The number of aromatic nitrogens is 1. The maximum atomic E-state index is 13.2. The molecule has 0 bridgehead atoms. The third-order valence-corrected chi connectivity index (χ3v) is 7.91. The van der Waals surface area contributed by atoms with Gasteiger partial charge in [-0.25, -0.2) is 12.8 Å². The van der Waals surface area contributed by atoms with Gasteiger partial charge in [-0.1, -0.05) is 23.2 Å². The molecular formula is C22H14Cl2FNO5S2. The molecule has 0 saturated carbocycles. The number of ether oxygens (including phenoxy) is 1. The molecule has 0 aliphatic heterocycles. The summed E-state index contributed by atoms with van der Waals surface area (Å²) in [6.07, 6.45) is 1.36. The number of sulfone groups is 1. The first-order valence-corrected chi connectivity index (χ1v) is 12.5. The molecule has 6 nitrogen and oxygen atoms in total. The molecule has 1 aromatic heterocycles. The number of halogens is 3. The minimum Gasteiger partial charge on any atom is -0.481 e. The van der Waals surface area contributed by atoms with E-state index >= 15 is 0 Å². The largest absolute Gasteiger partial charge is 0.481 e. The monoisotopic (exact) mass is 525 g/mol. The van der Waals surface area contributed by atoms with Crippen molar-refractivity contribution in [2.24, 2.45) is 0 Å². The predicted octanol–water partition coefficient (Wildman–Crippen LogP) is 6.42. The fraction of sp³-hybridized carbons (Fsp3) is 0.0455. The molecule has 11 heteroatoms. The number of benzene rings is 3. The van der Waals surface area contributed by atoms with E-state index in [-0.39, 0.29) is 37.1 Å². The number of nitrogens with one attached hydrogen (secondary N) is 1. The molecule has 0 saturated heterocycles. The first-order chi connectivity index (χ1) is 15.6. The minimum absolute atomic E-state index is 0.00664. The minimum atomic E-state index is -3.92. The number of carboxylic acid groups (broad SMARTS) is 1. The molecule has 0 unspecified atom stereocenters. The van der Waals surface area contributed by atoms with Gasteiger partial charge in [-0.2, -0.15) is 0 Å². The van der Waals surface area contributed by atoms with E-state index in [9.17, 15) is 17.6 Å². The maximum Gasteiger partial charge on any atom is 0.313 e. The number of carbonyl (C=O) groups is 1. The van der Waals surface area contributed by atoms with E-state index in [2.05, 4.69) is 4.98 Å². The Morgan fingerprint density at radius 2 is 1.73 bits per heavy atom. The van der Waals surface area contributed by atoms with Gasteiger partial charge in [0.1, 0.15) is 11.6 Å². The van der Waals surface area contributed by atoms with E-state index in [1.807, 2.05) is 0 Å².